The highest BCUT2D eigenvalue weighted by atomic mass is 35.5. The highest BCUT2D eigenvalue weighted by Crippen LogP contribution is 2.27. The zero-order chi connectivity index (χ0) is 28.7. The third-order valence-corrected chi connectivity index (χ3v) is 9.41. The molecule has 40 heavy (non-hydrogen) atoms. The molecule has 2 amide bonds. The van der Waals surface area contributed by atoms with Gasteiger partial charge in [0.15, 0.2) is 0 Å². The number of nitrogens with zero attached hydrogens (tertiary/aromatic N) is 2. The van der Waals surface area contributed by atoms with Gasteiger partial charge in [-0.05, 0) is 68.1 Å². The summed E-state index contributed by atoms with van der Waals surface area (Å²) in [6, 6.07) is 21.4. The normalized spacial score (nSPS) is 14.8. The number of anilines is 1. The first kappa shape index (κ1) is 29.6. The van der Waals surface area contributed by atoms with E-state index < -0.39 is 28.5 Å². The third kappa shape index (κ3) is 7.23. The van der Waals surface area contributed by atoms with E-state index in [-0.39, 0.29) is 23.4 Å². The van der Waals surface area contributed by atoms with Crippen LogP contribution < -0.4 is 9.62 Å². The van der Waals surface area contributed by atoms with Crippen LogP contribution in [0.3, 0.4) is 0 Å². The summed E-state index contributed by atoms with van der Waals surface area (Å²) in [6.45, 7) is 3.16. The van der Waals surface area contributed by atoms with Crippen molar-refractivity contribution in [3.63, 3.8) is 0 Å². The van der Waals surface area contributed by atoms with E-state index in [2.05, 4.69) is 5.32 Å². The van der Waals surface area contributed by atoms with Crippen LogP contribution in [0.15, 0.2) is 83.8 Å². The molecule has 3 aromatic carbocycles. The minimum atomic E-state index is -4.08. The molecule has 0 bridgehead atoms. The Hall–Kier alpha value is -3.36. The Bertz CT molecular complexity index is 1410. The molecular formula is C31H36ClN3O4S. The molecule has 0 aliphatic heterocycles. The first-order valence-corrected chi connectivity index (χ1v) is 15.5. The molecule has 1 aliphatic carbocycles. The molecule has 9 heteroatoms. The first-order chi connectivity index (χ1) is 19.2. The predicted octanol–water partition coefficient (Wildman–Crippen LogP) is 5.71. The average molecular weight is 582 g/mol. The Labute approximate surface area is 242 Å². The van der Waals surface area contributed by atoms with Crippen molar-refractivity contribution < 1.29 is 18.0 Å². The van der Waals surface area contributed by atoms with Gasteiger partial charge in [-0.15, -0.1) is 0 Å². The van der Waals surface area contributed by atoms with Crippen molar-refractivity contribution in [1.29, 1.82) is 0 Å². The lowest BCUT2D eigenvalue weighted by atomic mass is 9.95. The number of sulfonamides is 1. The van der Waals surface area contributed by atoms with Crippen LogP contribution in [0.5, 0.6) is 0 Å². The molecule has 1 N–H and O–H groups in total. The molecule has 1 fully saturated rings. The van der Waals surface area contributed by atoms with Gasteiger partial charge in [0.25, 0.3) is 10.0 Å². The number of aryl methyl sites for hydroxylation is 1. The Morgan fingerprint density at radius 1 is 0.925 bits per heavy atom. The number of carbonyl (C=O) groups excluding carboxylic acids is 2. The molecule has 4 rings (SSSR count). The predicted molar refractivity (Wildman–Crippen MR) is 159 cm³/mol. The minimum absolute atomic E-state index is 0.0816. The Morgan fingerprint density at radius 3 is 2.20 bits per heavy atom. The summed E-state index contributed by atoms with van der Waals surface area (Å²) in [6.07, 6.45) is 5.12. The molecule has 0 aromatic heterocycles. The van der Waals surface area contributed by atoms with Gasteiger partial charge in [0.05, 0.1) is 10.6 Å². The number of carbonyl (C=O) groups is 2. The van der Waals surface area contributed by atoms with E-state index in [1.165, 1.54) is 17.0 Å². The van der Waals surface area contributed by atoms with Gasteiger partial charge < -0.3 is 10.2 Å². The molecule has 3 aromatic rings. The number of nitrogens with one attached hydrogen (secondary N) is 1. The molecule has 1 aliphatic rings. The van der Waals surface area contributed by atoms with Crippen molar-refractivity contribution in [3.8, 4) is 0 Å². The van der Waals surface area contributed by atoms with Crippen molar-refractivity contribution in [2.75, 3.05) is 10.8 Å². The van der Waals surface area contributed by atoms with Crippen molar-refractivity contribution >= 4 is 39.1 Å². The van der Waals surface area contributed by atoms with E-state index in [0.717, 1.165) is 42.0 Å². The van der Waals surface area contributed by atoms with Gasteiger partial charge in [-0.25, -0.2) is 8.42 Å². The fraction of sp³-hybridized carbons (Fsp3) is 0.355. The summed E-state index contributed by atoms with van der Waals surface area (Å²) >= 11 is 6.07. The number of amides is 2. The molecule has 0 unspecified atom stereocenters. The van der Waals surface area contributed by atoms with Crippen LogP contribution in [-0.2, 0) is 26.2 Å². The van der Waals surface area contributed by atoms with Gasteiger partial charge in [-0.1, -0.05) is 79.4 Å². The maximum Gasteiger partial charge on any atom is 0.264 e. The van der Waals surface area contributed by atoms with Crippen LogP contribution in [0.4, 0.5) is 5.69 Å². The lowest BCUT2D eigenvalue weighted by Gasteiger charge is -2.33. The first-order valence-electron chi connectivity index (χ1n) is 13.6. The lowest BCUT2D eigenvalue weighted by molar-refractivity contribution is -0.139. The van der Waals surface area contributed by atoms with Gasteiger partial charge in [-0.3, -0.25) is 13.9 Å². The van der Waals surface area contributed by atoms with Gasteiger partial charge in [0, 0.05) is 17.6 Å². The van der Waals surface area contributed by atoms with Crippen LogP contribution in [-0.4, -0.2) is 43.8 Å². The Balaban J connectivity index is 1.67. The van der Waals surface area contributed by atoms with Crippen LogP contribution in [0, 0.1) is 6.92 Å². The summed E-state index contributed by atoms with van der Waals surface area (Å²) in [4.78, 5) is 28.9. The summed E-state index contributed by atoms with van der Waals surface area (Å²) in [5.74, 6) is -0.730. The van der Waals surface area contributed by atoms with Crippen molar-refractivity contribution in [2.24, 2.45) is 0 Å². The molecule has 1 atom stereocenters. The zero-order valence-corrected chi connectivity index (χ0v) is 24.5. The number of hydrogen-bond acceptors (Lipinski definition) is 4. The zero-order valence-electron chi connectivity index (χ0n) is 22.9. The number of benzene rings is 3. The smallest absolute Gasteiger partial charge is 0.264 e. The van der Waals surface area contributed by atoms with Crippen LogP contribution in [0.2, 0.25) is 5.02 Å². The monoisotopic (exact) mass is 581 g/mol. The molecule has 0 saturated heterocycles. The van der Waals surface area contributed by atoms with E-state index in [9.17, 15) is 18.0 Å². The standard InChI is InChI=1S/C31H36ClN3O4S/c1-23-11-9-10-16-29(23)35(40(38,39)28-14-7-4-8-15-28)22-30(36)34(21-25-17-19-26(32)20-18-25)24(2)31(37)33-27-12-5-3-6-13-27/h4,7-11,14-20,24,27H,3,5-6,12-13,21-22H2,1-2H3,(H,33,37)/t24-/m1/s1. The number of hydrogen-bond donors (Lipinski definition) is 1. The molecule has 0 heterocycles. The summed E-state index contributed by atoms with van der Waals surface area (Å²) in [7, 11) is -4.08. The number of halogens is 1. The summed E-state index contributed by atoms with van der Waals surface area (Å²) in [5, 5.41) is 3.67. The average Bonchev–Trinajstić information content (AvgIpc) is 2.96. The van der Waals surface area contributed by atoms with Gasteiger partial charge >= 0.3 is 0 Å². The fourth-order valence-corrected chi connectivity index (χ4v) is 6.64. The Morgan fingerprint density at radius 2 is 1.55 bits per heavy atom. The van der Waals surface area contributed by atoms with Crippen molar-refractivity contribution in [1.82, 2.24) is 10.2 Å². The quantitative estimate of drug-likeness (QED) is 0.332. The van der Waals surface area contributed by atoms with Gasteiger partial charge in [0.2, 0.25) is 11.8 Å². The van der Waals surface area contributed by atoms with Crippen molar-refractivity contribution in [2.45, 2.75) is 69.5 Å². The van der Waals surface area contributed by atoms with E-state index in [4.69, 9.17) is 11.6 Å². The fourth-order valence-electron chi connectivity index (χ4n) is 5.01. The second kappa shape index (κ2) is 13.3. The second-order valence-electron chi connectivity index (χ2n) is 10.3. The van der Waals surface area contributed by atoms with E-state index in [1.807, 2.05) is 6.07 Å². The van der Waals surface area contributed by atoms with Crippen LogP contribution >= 0.6 is 11.6 Å². The molecular weight excluding hydrogens is 546 g/mol. The molecule has 7 nitrogen and oxygen atoms in total. The maximum atomic E-state index is 14.0. The van der Waals surface area contributed by atoms with E-state index in [0.29, 0.717) is 16.3 Å². The van der Waals surface area contributed by atoms with Crippen LogP contribution in [0.25, 0.3) is 0 Å². The molecule has 212 valence electrons. The van der Waals surface area contributed by atoms with Gasteiger partial charge in [-0.2, -0.15) is 0 Å². The molecule has 0 radical (unpaired) electrons. The Kier molecular flexibility index (Phi) is 9.87. The highest BCUT2D eigenvalue weighted by Gasteiger charge is 2.33. The van der Waals surface area contributed by atoms with Crippen molar-refractivity contribution in [3.05, 3.63) is 95.0 Å². The topological polar surface area (TPSA) is 86.8 Å². The number of para-hydroxylation sites is 1. The SMILES string of the molecule is Cc1ccccc1N(CC(=O)N(Cc1ccc(Cl)cc1)[C@H](C)C(=O)NC1CCCCC1)S(=O)(=O)c1ccccc1. The van der Waals surface area contributed by atoms with Crippen LogP contribution in [0.1, 0.15) is 50.2 Å². The third-order valence-electron chi connectivity index (χ3n) is 7.38. The van der Waals surface area contributed by atoms with Gasteiger partial charge in [0.1, 0.15) is 12.6 Å². The number of rotatable bonds is 10. The summed E-state index contributed by atoms with van der Waals surface area (Å²) < 4.78 is 28.9. The summed E-state index contributed by atoms with van der Waals surface area (Å²) in [5.41, 5.74) is 1.90. The molecule has 0 spiro atoms. The lowest BCUT2D eigenvalue weighted by Crippen LogP contribution is -2.53. The van der Waals surface area contributed by atoms with E-state index >= 15 is 0 Å². The maximum absolute atomic E-state index is 14.0. The second-order valence-corrected chi connectivity index (χ2v) is 12.6. The van der Waals surface area contributed by atoms with E-state index in [1.54, 1.807) is 74.5 Å². The largest absolute Gasteiger partial charge is 0.352 e. The highest BCUT2D eigenvalue weighted by molar-refractivity contribution is 7.92. The minimum Gasteiger partial charge on any atom is -0.352 e. The molecule has 1 saturated carbocycles.